The zero-order valence-electron chi connectivity index (χ0n) is 8.70. The van der Waals surface area contributed by atoms with Crippen LogP contribution in [-0.4, -0.2) is 41.0 Å². The molecule has 1 saturated heterocycles. The van der Waals surface area contributed by atoms with Gasteiger partial charge < -0.3 is 10.1 Å². The minimum atomic E-state index is -2.93. The second-order valence-corrected chi connectivity index (χ2v) is 10.0. The Kier molecular flexibility index (Phi) is 5.03. The van der Waals surface area contributed by atoms with Crippen LogP contribution in [0.15, 0.2) is 0 Å². The molecule has 8 heteroatoms. The van der Waals surface area contributed by atoms with Gasteiger partial charge in [-0.2, -0.15) is 0 Å². The van der Waals surface area contributed by atoms with E-state index in [1.807, 2.05) is 6.92 Å². The van der Waals surface area contributed by atoms with Gasteiger partial charge in [0.15, 0.2) is 9.84 Å². The lowest BCUT2D eigenvalue weighted by molar-refractivity contribution is 0.300. The quantitative estimate of drug-likeness (QED) is 0.581. The van der Waals surface area contributed by atoms with Gasteiger partial charge in [-0.15, -0.1) is 0 Å². The van der Waals surface area contributed by atoms with Crippen molar-refractivity contribution in [3.8, 4) is 0 Å². The van der Waals surface area contributed by atoms with Crippen LogP contribution in [0.4, 0.5) is 0 Å². The molecule has 1 unspecified atom stereocenters. The summed E-state index contributed by atoms with van der Waals surface area (Å²) in [7, 11) is -2.93. The standard InChI is InChI=1S/C8H13Br2NO3S2/c1-8(2-3-16(12,13)5-8)11-7(15)14-4-6(9)10/h6H,2-5H2,1H3,(H,11,15). The maximum Gasteiger partial charge on any atom is 0.257 e. The van der Waals surface area contributed by atoms with Gasteiger partial charge in [0.2, 0.25) is 0 Å². The number of ether oxygens (including phenoxy) is 1. The van der Waals surface area contributed by atoms with Crippen molar-refractivity contribution in [3.05, 3.63) is 0 Å². The molecule has 94 valence electrons. The van der Waals surface area contributed by atoms with Gasteiger partial charge in [-0.1, -0.05) is 31.9 Å². The van der Waals surface area contributed by atoms with Crippen LogP contribution in [0, 0.1) is 0 Å². The number of hydrogen-bond acceptors (Lipinski definition) is 4. The van der Waals surface area contributed by atoms with Crippen LogP contribution in [0.5, 0.6) is 0 Å². The molecule has 1 N–H and O–H groups in total. The van der Waals surface area contributed by atoms with Gasteiger partial charge in [0.25, 0.3) is 5.17 Å². The van der Waals surface area contributed by atoms with Crippen LogP contribution < -0.4 is 5.32 Å². The third-order valence-electron chi connectivity index (χ3n) is 2.25. The first-order valence-corrected chi connectivity index (χ1v) is 8.72. The van der Waals surface area contributed by atoms with Gasteiger partial charge >= 0.3 is 0 Å². The summed E-state index contributed by atoms with van der Waals surface area (Å²) < 4.78 is 28.0. The van der Waals surface area contributed by atoms with Crippen molar-refractivity contribution < 1.29 is 13.2 Å². The number of hydrogen-bond donors (Lipinski definition) is 1. The summed E-state index contributed by atoms with van der Waals surface area (Å²) >= 11 is 11.5. The van der Waals surface area contributed by atoms with Crippen LogP contribution in [0.25, 0.3) is 0 Å². The van der Waals surface area contributed by atoms with Crippen LogP contribution in [0.3, 0.4) is 0 Å². The van der Waals surface area contributed by atoms with E-state index in [0.29, 0.717) is 13.0 Å². The van der Waals surface area contributed by atoms with Crippen LogP contribution >= 0.6 is 44.1 Å². The van der Waals surface area contributed by atoms with Gasteiger partial charge in [0.05, 0.1) is 17.0 Å². The fourth-order valence-corrected chi connectivity index (χ4v) is 4.20. The molecule has 0 amide bonds. The Morgan fingerprint density at radius 3 is 2.69 bits per heavy atom. The summed E-state index contributed by atoms with van der Waals surface area (Å²) in [6.45, 7) is 2.22. The second-order valence-electron chi connectivity index (χ2n) is 4.02. The maximum atomic E-state index is 11.4. The summed E-state index contributed by atoms with van der Waals surface area (Å²) in [5, 5.41) is 3.19. The molecule has 0 aliphatic carbocycles. The van der Waals surface area contributed by atoms with E-state index in [9.17, 15) is 8.42 Å². The number of alkyl halides is 2. The number of halogens is 2. The molecule has 0 radical (unpaired) electrons. The first-order valence-electron chi connectivity index (χ1n) is 4.66. The Hall–Kier alpha value is 0.600. The smallest absolute Gasteiger partial charge is 0.257 e. The van der Waals surface area contributed by atoms with Gasteiger partial charge in [0.1, 0.15) is 10.3 Å². The van der Waals surface area contributed by atoms with E-state index < -0.39 is 15.4 Å². The fourth-order valence-electron chi connectivity index (χ4n) is 1.53. The third-order valence-corrected chi connectivity index (χ3v) is 4.90. The molecule has 0 bridgehead atoms. The first kappa shape index (κ1) is 14.7. The Balaban J connectivity index is 2.45. The fraction of sp³-hybridized carbons (Fsp3) is 0.875. The molecule has 16 heavy (non-hydrogen) atoms. The van der Waals surface area contributed by atoms with Crippen LogP contribution in [0.1, 0.15) is 13.3 Å². The normalized spacial score (nSPS) is 28.0. The molecule has 1 aliphatic heterocycles. The molecule has 4 nitrogen and oxygen atoms in total. The lowest BCUT2D eigenvalue weighted by atomic mass is 10.0. The summed E-state index contributed by atoms with van der Waals surface area (Å²) in [5.41, 5.74) is -0.496. The summed E-state index contributed by atoms with van der Waals surface area (Å²) in [5.74, 6) is 0.314. The highest BCUT2D eigenvalue weighted by molar-refractivity contribution is 9.24. The minimum Gasteiger partial charge on any atom is -0.469 e. The molecule has 0 saturated carbocycles. The molecule has 1 atom stereocenters. The molecule has 0 aromatic heterocycles. The van der Waals surface area contributed by atoms with E-state index in [0.717, 1.165) is 0 Å². The number of thiocarbonyl (C=S) groups is 1. The third kappa shape index (κ3) is 4.85. The van der Waals surface area contributed by atoms with Crippen molar-refractivity contribution in [1.82, 2.24) is 5.32 Å². The lowest BCUT2D eigenvalue weighted by Gasteiger charge is -2.25. The molecule has 1 heterocycles. The monoisotopic (exact) mass is 393 g/mol. The maximum absolute atomic E-state index is 11.4. The Morgan fingerprint density at radius 2 is 2.25 bits per heavy atom. The average molecular weight is 395 g/mol. The van der Waals surface area contributed by atoms with E-state index >= 15 is 0 Å². The minimum absolute atomic E-state index is 0.0277. The van der Waals surface area contributed by atoms with Crippen LogP contribution in [0.2, 0.25) is 0 Å². The predicted octanol–water partition coefficient (Wildman–Crippen LogP) is 1.57. The van der Waals surface area contributed by atoms with Crippen molar-refractivity contribution in [2.45, 2.75) is 22.6 Å². The van der Waals surface area contributed by atoms with Crippen molar-refractivity contribution in [2.75, 3.05) is 18.1 Å². The van der Waals surface area contributed by atoms with Crippen molar-refractivity contribution in [1.29, 1.82) is 0 Å². The van der Waals surface area contributed by atoms with Gasteiger partial charge in [-0.3, -0.25) is 0 Å². The highest BCUT2D eigenvalue weighted by atomic mass is 79.9. The molecule has 0 aromatic rings. The van der Waals surface area contributed by atoms with Gasteiger partial charge in [-0.05, 0) is 25.6 Å². The molecule has 1 rings (SSSR count). The Bertz CT molecular complexity index is 371. The van der Waals surface area contributed by atoms with E-state index in [1.165, 1.54) is 0 Å². The predicted molar refractivity (Wildman–Crippen MR) is 75.0 cm³/mol. The average Bonchev–Trinajstić information content (AvgIpc) is 2.37. The topological polar surface area (TPSA) is 55.4 Å². The SMILES string of the molecule is CC1(NC(=S)OCC(Br)Br)CCS(=O)(=O)C1. The molecular weight excluding hydrogens is 382 g/mol. The molecular formula is C8H13Br2NO3S2. The highest BCUT2D eigenvalue weighted by Gasteiger charge is 2.39. The summed E-state index contributed by atoms with van der Waals surface area (Å²) in [6.07, 6.45) is 0.560. The Labute approximate surface area is 118 Å². The zero-order valence-corrected chi connectivity index (χ0v) is 13.5. The number of rotatable bonds is 3. The van der Waals surface area contributed by atoms with Gasteiger partial charge in [0, 0.05) is 0 Å². The van der Waals surface area contributed by atoms with E-state index in [1.54, 1.807) is 0 Å². The van der Waals surface area contributed by atoms with E-state index in [-0.39, 0.29) is 20.4 Å². The van der Waals surface area contributed by atoms with Crippen molar-refractivity contribution in [2.24, 2.45) is 0 Å². The molecule has 1 fully saturated rings. The largest absolute Gasteiger partial charge is 0.469 e. The van der Waals surface area contributed by atoms with E-state index in [2.05, 4.69) is 37.2 Å². The molecule has 0 aromatic carbocycles. The highest BCUT2D eigenvalue weighted by Crippen LogP contribution is 2.23. The number of sulfone groups is 1. The van der Waals surface area contributed by atoms with E-state index in [4.69, 9.17) is 17.0 Å². The Morgan fingerprint density at radius 1 is 1.62 bits per heavy atom. The summed E-state index contributed by atoms with van der Waals surface area (Å²) in [4.78, 5) is 0. The zero-order chi connectivity index (χ0) is 12.4. The van der Waals surface area contributed by atoms with Gasteiger partial charge in [-0.25, -0.2) is 8.42 Å². The molecule has 1 aliphatic rings. The first-order chi connectivity index (χ1) is 7.22. The second kappa shape index (κ2) is 5.49. The van der Waals surface area contributed by atoms with Crippen molar-refractivity contribution >= 4 is 59.1 Å². The summed E-state index contributed by atoms with van der Waals surface area (Å²) in [6, 6.07) is 0. The molecule has 0 spiro atoms. The lowest BCUT2D eigenvalue weighted by Crippen LogP contribution is -2.47. The van der Waals surface area contributed by atoms with Crippen LogP contribution in [-0.2, 0) is 14.6 Å². The van der Waals surface area contributed by atoms with Crippen molar-refractivity contribution in [3.63, 3.8) is 0 Å². The number of nitrogens with one attached hydrogen (secondary N) is 1.